The third kappa shape index (κ3) is 3.31. The molecule has 0 aliphatic rings. The van der Waals surface area contributed by atoms with Crippen LogP contribution in [0, 0.1) is 20.8 Å². The molecule has 0 aliphatic heterocycles. The number of benzene rings is 1. The highest BCUT2D eigenvalue weighted by molar-refractivity contribution is 5.63. The number of rotatable bonds is 4. The first-order chi connectivity index (χ1) is 11.0. The Morgan fingerprint density at radius 2 is 1.91 bits per heavy atom. The van der Waals surface area contributed by atoms with Crippen LogP contribution in [0.1, 0.15) is 28.1 Å². The monoisotopic (exact) mass is 310 g/mol. The van der Waals surface area contributed by atoms with Crippen LogP contribution in [-0.4, -0.2) is 15.2 Å². The Morgan fingerprint density at radius 1 is 1.17 bits per heavy atom. The van der Waals surface area contributed by atoms with Crippen LogP contribution in [0.2, 0.25) is 0 Å². The largest absolute Gasteiger partial charge is 0.469 e. The van der Waals surface area contributed by atoms with E-state index in [4.69, 9.17) is 4.42 Å². The molecule has 0 aliphatic carbocycles. The molecule has 2 heterocycles. The number of nitrogens with zero attached hydrogens (tertiary/aromatic N) is 2. The quantitative estimate of drug-likeness (QED) is 0.774. The average molecular weight is 310 g/mol. The van der Waals surface area contributed by atoms with Gasteiger partial charge in [-0.3, -0.25) is 9.78 Å². The predicted octanol–water partition coefficient (Wildman–Crippen LogP) is 3.02. The summed E-state index contributed by atoms with van der Waals surface area (Å²) in [6.07, 6.45) is 1.88. The lowest BCUT2D eigenvalue weighted by atomic mass is 10.1. The first-order valence-electron chi connectivity index (χ1n) is 7.36. The van der Waals surface area contributed by atoms with Gasteiger partial charge in [-0.05, 0) is 44.0 Å². The summed E-state index contributed by atoms with van der Waals surface area (Å²) in [5.41, 5.74) is 4.34. The molecular weight excluding hydrogens is 292 g/mol. The highest BCUT2D eigenvalue weighted by Crippen LogP contribution is 2.23. The summed E-state index contributed by atoms with van der Waals surface area (Å²) in [5.74, 6) is 1.00. The molecule has 0 radical (unpaired) electrons. The van der Waals surface area contributed by atoms with Gasteiger partial charge in [-0.15, -0.1) is 10.2 Å². The Hall–Kier alpha value is -2.89. The summed E-state index contributed by atoms with van der Waals surface area (Å²) in [6, 6.07) is 7.72. The van der Waals surface area contributed by atoms with Gasteiger partial charge in [0.05, 0.1) is 12.7 Å². The zero-order valence-corrected chi connectivity index (χ0v) is 13.3. The Bertz CT molecular complexity index is 859. The van der Waals surface area contributed by atoms with Gasteiger partial charge in [-0.25, -0.2) is 0 Å². The molecule has 0 atom stereocenters. The highest BCUT2D eigenvalue weighted by Gasteiger charge is 2.10. The minimum atomic E-state index is -0.277. The second-order valence-electron chi connectivity index (χ2n) is 5.60. The average Bonchev–Trinajstić information content (AvgIpc) is 2.98. The number of H-pyrrole nitrogens is 1. The highest BCUT2D eigenvalue weighted by atomic mass is 16.3. The van der Waals surface area contributed by atoms with Crippen LogP contribution in [0.25, 0.3) is 0 Å². The van der Waals surface area contributed by atoms with Gasteiger partial charge in [0.15, 0.2) is 0 Å². The first-order valence-corrected chi connectivity index (χ1v) is 7.36. The van der Waals surface area contributed by atoms with Crippen molar-refractivity contribution in [2.24, 2.45) is 0 Å². The summed E-state index contributed by atoms with van der Waals surface area (Å²) >= 11 is 0. The molecule has 0 saturated carbocycles. The maximum absolute atomic E-state index is 12.1. The summed E-state index contributed by atoms with van der Waals surface area (Å²) < 4.78 is 5.22. The molecule has 1 aromatic carbocycles. The van der Waals surface area contributed by atoms with E-state index >= 15 is 0 Å². The van der Waals surface area contributed by atoms with E-state index in [0.717, 1.165) is 16.8 Å². The second-order valence-corrected chi connectivity index (χ2v) is 5.60. The van der Waals surface area contributed by atoms with E-state index in [1.165, 1.54) is 5.56 Å². The van der Waals surface area contributed by atoms with Crippen LogP contribution >= 0.6 is 0 Å². The maximum atomic E-state index is 12.1. The second kappa shape index (κ2) is 6.08. The van der Waals surface area contributed by atoms with Crippen molar-refractivity contribution >= 4 is 11.6 Å². The number of furan rings is 1. The van der Waals surface area contributed by atoms with Gasteiger partial charge >= 0.3 is 0 Å². The normalized spacial score (nSPS) is 10.7. The Labute approximate surface area is 133 Å². The number of hydrogen-bond donors (Lipinski definition) is 2. The van der Waals surface area contributed by atoms with E-state index < -0.39 is 0 Å². The SMILES string of the molecule is Cc1cc(C)c(Nc2nnc(Cc3ccco3)c(=O)[nH]2)c(C)c1. The Morgan fingerprint density at radius 3 is 2.52 bits per heavy atom. The lowest BCUT2D eigenvalue weighted by molar-refractivity contribution is 0.517. The number of aromatic amines is 1. The van der Waals surface area contributed by atoms with Crippen LogP contribution < -0.4 is 10.9 Å². The van der Waals surface area contributed by atoms with Crippen molar-refractivity contribution in [1.82, 2.24) is 15.2 Å². The first kappa shape index (κ1) is 15.0. The molecule has 0 amide bonds. The van der Waals surface area contributed by atoms with Gasteiger partial charge in [0.1, 0.15) is 11.5 Å². The number of aromatic nitrogens is 3. The summed E-state index contributed by atoms with van der Waals surface area (Å²) in [7, 11) is 0. The molecule has 6 heteroatoms. The number of nitrogens with one attached hydrogen (secondary N) is 2. The van der Waals surface area contributed by atoms with E-state index in [1.807, 2.05) is 13.8 Å². The van der Waals surface area contributed by atoms with Gasteiger partial charge in [0.2, 0.25) is 5.95 Å². The molecule has 0 fully saturated rings. The van der Waals surface area contributed by atoms with E-state index in [2.05, 4.69) is 39.6 Å². The van der Waals surface area contributed by atoms with Crippen molar-refractivity contribution in [3.63, 3.8) is 0 Å². The number of aryl methyl sites for hydroxylation is 3. The molecule has 0 saturated heterocycles. The van der Waals surface area contributed by atoms with Crippen LogP contribution in [0.5, 0.6) is 0 Å². The molecule has 23 heavy (non-hydrogen) atoms. The minimum absolute atomic E-state index is 0.277. The zero-order valence-electron chi connectivity index (χ0n) is 13.3. The van der Waals surface area contributed by atoms with Crippen molar-refractivity contribution in [2.45, 2.75) is 27.2 Å². The van der Waals surface area contributed by atoms with Crippen molar-refractivity contribution in [2.75, 3.05) is 5.32 Å². The van der Waals surface area contributed by atoms with Gasteiger partial charge < -0.3 is 9.73 Å². The molecule has 6 nitrogen and oxygen atoms in total. The lowest BCUT2D eigenvalue weighted by Gasteiger charge is -2.12. The third-order valence-electron chi connectivity index (χ3n) is 3.61. The molecule has 0 unspecified atom stereocenters. The molecule has 0 spiro atoms. The Balaban J connectivity index is 1.85. The molecule has 118 valence electrons. The van der Waals surface area contributed by atoms with Crippen LogP contribution in [0.3, 0.4) is 0 Å². The van der Waals surface area contributed by atoms with E-state index in [-0.39, 0.29) is 5.56 Å². The fourth-order valence-corrected chi connectivity index (χ4v) is 2.61. The maximum Gasteiger partial charge on any atom is 0.274 e. The molecule has 0 bridgehead atoms. The third-order valence-corrected chi connectivity index (χ3v) is 3.61. The standard InChI is InChI=1S/C17H18N4O2/c1-10-7-11(2)15(12(3)8-10)18-17-19-16(22)14(20-21-17)9-13-5-4-6-23-13/h4-8H,9H2,1-3H3,(H2,18,19,21,22). The van der Waals surface area contributed by atoms with Crippen LogP contribution in [0.4, 0.5) is 11.6 Å². The van der Waals surface area contributed by atoms with E-state index in [9.17, 15) is 4.79 Å². The van der Waals surface area contributed by atoms with Gasteiger partial charge in [0.25, 0.3) is 5.56 Å². The molecule has 2 aromatic heterocycles. The molecule has 3 rings (SSSR count). The minimum Gasteiger partial charge on any atom is -0.469 e. The fraction of sp³-hybridized carbons (Fsp3) is 0.235. The van der Waals surface area contributed by atoms with Gasteiger partial charge in [-0.2, -0.15) is 0 Å². The molecular formula is C17H18N4O2. The van der Waals surface area contributed by atoms with E-state index in [1.54, 1.807) is 18.4 Å². The van der Waals surface area contributed by atoms with Crippen LogP contribution in [-0.2, 0) is 6.42 Å². The van der Waals surface area contributed by atoms with Crippen molar-refractivity contribution in [3.8, 4) is 0 Å². The number of anilines is 2. The Kier molecular flexibility index (Phi) is 3.97. The number of hydrogen-bond acceptors (Lipinski definition) is 5. The smallest absolute Gasteiger partial charge is 0.274 e. The molecule has 3 aromatic rings. The van der Waals surface area contributed by atoms with E-state index in [0.29, 0.717) is 23.8 Å². The lowest BCUT2D eigenvalue weighted by Crippen LogP contribution is -2.19. The van der Waals surface area contributed by atoms with Gasteiger partial charge in [0, 0.05) is 5.69 Å². The van der Waals surface area contributed by atoms with Crippen molar-refractivity contribution in [1.29, 1.82) is 0 Å². The van der Waals surface area contributed by atoms with Crippen molar-refractivity contribution < 1.29 is 4.42 Å². The van der Waals surface area contributed by atoms with Gasteiger partial charge in [-0.1, -0.05) is 17.7 Å². The summed E-state index contributed by atoms with van der Waals surface area (Å²) in [5, 5.41) is 11.2. The summed E-state index contributed by atoms with van der Waals surface area (Å²) in [6.45, 7) is 6.08. The zero-order chi connectivity index (χ0) is 16.4. The van der Waals surface area contributed by atoms with Crippen LogP contribution in [0.15, 0.2) is 39.7 Å². The topological polar surface area (TPSA) is 83.8 Å². The predicted molar refractivity (Wildman–Crippen MR) is 88.1 cm³/mol. The van der Waals surface area contributed by atoms with Crippen molar-refractivity contribution in [3.05, 3.63) is 69.0 Å². The molecule has 2 N–H and O–H groups in total. The summed E-state index contributed by atoms with van der Waals surface area (Å²) in [4.78, 5) is 14.9. The fourth-order valence-electron chi connectivity index (χ4n) is 2.61.